The molecule has 0 spiro atoms. The van der Waals surface area contributed by atoms with Gasteiger partial charge in [-0.05, 0) is 62.8 Å². The van der Waals surface area contributed by atoms with Gasteiger partial charge < -0.3 is 9.47 Å². The molecule has 3 heteroatoms. The maximum atomic E-state index is 12.3. The molecule has 3 nitrogen and oxygen atoms in total. The van der Waals surface area contributed by atoms with Crippen LogP contribution in [0.4, 0.5) is 0 Å². The summed E-state index contributed by atoms with van der Waals surface area (Å²) in [5.41, 5.74) is 0. The smallest absolute Gasteiger partial charge is 0.314 e. The lowest BCUT2D eigenvalue weighted by Crippen LogP contribution is -2.25. The van der Waals surface area contributed by atoms with Crippen molar-refractivity contribution in [1.82, 2.24) is 0 Å². The first-order valence-corrected chi connectivity index (χ1v) is 8.72. The zero-order valence-corrected chi connectivity index (χ0v) is 13.9. The predicted octanol–water partition coefficient (Wildman–Crippen LogP) is 5.16. The zero-order valence-electron chi connectivity index (χ0n) is 13.9. The Balaban J connectivity index is 1.46. The largest absolute Gasteiger partial charge is 0.462 e. The molecule has 2 aliphatic carbocycles. The van der Waals surface area contributed by atoms with E-state index in [0.29, 0.717) is 11.7 Å². The number of ether oxygens (including phenoxy) is 2. The van der Waals surface area contributed by atoms with E-state index < -0.39 is 0 Å². The van der Waals surface area contributed by atoms with Crippen LogP contribution in [0.1, 0.15) is 38.5 Å². The van der Waals surface area contributed by atoms with Crippen LogP contribution in [0.15, 0.2) is 66.7 Å². The van der Waals surface area contributed by atoms with Gasteiger partial charge in [-0.1, -0.05) is 30.9 Å². The summed E-state index contributed by atoms with van der Waals surface area (Å²) in [5.74, 6) is 2.52. The Morgan fingerprint density at radius 3 is 2.33 bits per heavy atom. The summed E-state index contributed by atoms with van der Waals surface area (Å²) in [5, 5.41) is 0. The van der Waals surface area contributed by atoms with E-state index in [4.69, 9.17) is 9.47 Å². The molecule has 2 aliphatic rings. The number of allylic oxidation sites excluding steroid dienone is 4. The number of hydrogen-bond donors (Lipinski definition) is 0. The van der Waals surface area contributed by atoms with Crippen LogP contribution in [-0.2, 0) is 9.53 Å². The van der Waals surface area contributed by atoms with Gasteiger partial charge in [0.15, 0.2) is 0 Å². The number of para-hydroxylation sites is 1. The van der Waals surface area contributed by atoms with E-state index in [0.717, 1.165) is 50.0 Å². The van der Waals surface area contributed by atoms with Crippen LogP contribution in [0.5, 0.6) is 5.75 Å². The number of benzene rings is 1. The van der Waals surface area contributed by atoms with Gasteiger partial charge in [0, 0.05) is 5.92 Å². The molecule has 3 rings (SSSR count). The highest BCUT2D eigenvalue weighted by Crippen LogP contribution is 2.34. The molecule has 126 valence electrons. The fourth-order valence-electron chi connectivity index (χ4n) is 3.24. The summed E-state index contributed by atoms with van der Waals surface area (Å²) in [6.45, 7) is 4.08. The number of hydrogen-bond acceptors (Lipinski definition) is 3. The van der Waals surface area contributed by atoms with Gasteiger partial charge in [-0.3, -0.25) is 4.79 Å². The molecule has 0 heterocycles. The molecule has 1 fully saturated rings. The highest BCUT2D eigenvalue weighted by atomic mass is 16.5. The molecule has 0 unspecified atom stereocenters. The molecule has 0 radical (unpaired) electrons. The van der Waals surface area contributed by atoms with Crippen LogP contribution in [-0.4, -0.2) is 5.97 Å². The third-order valence-corrected chi connectivity index (χ3v) is 4.69. The second-order valence-corrected chi connectivity index (χ2v) is 6.44. The van der Waals surface area contributed by atoms with Crippen molar-refractivity contribution in [3.05, 3.63) is 66.7 Å². The number of esters is 1. The lowest BCUT2D eigenvalue weighted by molar-refractivity contribution is -0.145. The first-order chi connectivity index (χ1) is 11.7. The maximum Gasteiger partial charge on any atom is 0.314 e. The minimum absolute atomic E-state index is 0.0120. The molecular weight excluding hydrogens is 300 g/mol. The van der Waals surface area contributed by atoms with E-state index >= 15 is 0 Å². The van der Waals surface area contributed by atoms with Crippen molar-refractivity contribution in [2.75, 3.05) is 0 Å². The molecular formula is C21H24O3. The van der Waals surface area contributed by atoms with E-state index in [1.165, 1.54) is 0 Å². The third kappa shape index (κ3) is 4.38. The van der Waals surface area contributed by atoms with Crippen molar-refractivity contribution in [2.45, 2.75) is 38.5 Å². The van der Waals surface area contributed by atoms with Gasteiger partial charge in [-0.15, -0.1) is 0 Å². The molecule has 1 aromatic rings. The van der Waals surface area contributed by atoms with E-state index in [1.54, 1.807) is 0 Å². The van der Waals surface area contributed by atoms with E-state index in [2.05, 4.69) is 6.58 Å². The molecule has 0 aromatic heterocycles. The van der Waals surface area contributed by atoms with E-state index in [1.807, 2.05) is 48.6 Å². The summed E-state index contributed by atoms with van der Waals surface area (Å²) in [6.07, 6.45) is 11.4. The molecule has 0 N–H and O–H groups in total. The van der Waals surface area contributed by atoms with Crippen molar-refractivity contribution in [2.24, 2.45) is 11.8 Å². The third-order valence-electron chi connectivity index (χ3n) is 4.69. The number of rotatable bonds is 5. The standard InChI is InChI=1S/C21H24O3/c1-16(23-19-8-4-2-5-9-19)17-12-14-18(15-13-17)21(22)24-20-10-6-3-7-11-20/h2,4-6,8-11,17-18H,1,3,7,12-15H2. The summed E-state index contributed by atoms with van der Waals surface area (Å²) in [7, 11) is 0. The Morgan fingerprint density at radius 2 is 1.67 bits per heavy atom. The van der Waals surface area contributed by atoms with Gasteiger partial charge in [0.25, 0.3) is 0 Å². The van der Waals surface area contributed by atoms with Crippen LogP contribution < -0.4 is 4.74 Å². The SMILES string of the molecule is C=C(Oc1ccccc1)C1CCC(C(=O)OC2=CCCC=C2)CC1. The van der Waals surface area contributed by atoms with Crippen molar-refractivity contribution >= 4 is 5.97 Å². The van der Waals surface area contributed by atoms with Gasteiger partial charge in [0.05, 0.1) is 11.7 Å². The van der Waals surface area contributed by atoms with E-state index in [-0.39, 0.29) is 11.9 Å². The molecule has 24 heavy (non-hydrogen) atoms. The molecule has 1 saturated carbocycles. The van der Waals surface area contributed by atoms with Crippen LogP contribution in [0.25, 0.3) is 0 Å². The van der Waals surface area contributed by atoms with Crippen LogP contribution in [0.3, 0.4) is 0 Å². The average Bonchev–Trinajstić information content (AvgIpc) is 2.63. The molecule has 0 amide bonds. The Labute approximate surface area is 143 Å². The van der Waals surface area contributed by atoms with Crippen molar-refractivity contribution in [3.63, 3.8) is 0 Å². The van der Waals surface area contributed by atoms with Gasteiger partial charge in [0.1, 0.15) is 11.5 Å². The summed E-state index contributed by atoms with van der Waals surface area (Å²) in [4.78, 5) is 12.3. The maximum absolute atomic E-state index is 12.3. The van der Waals surface area contributed by atoms with Crippen LogP contribution in [0.2, 0.25) is 0 Å². The highest BCUT2D eigenvalue weighted by molar-refractivity contribution is 5.74. The predicted molar refractivity (Wildman–Crippen MR) is 94.2 cm³/mol. The van der Waals surface area contributed by atoms with E-state index in [9.17, 15) is 4.79 Å². The van der Waals surface area contributed by atoms with Crippen molar-refractivity contribution in [1.29, 1.82) is 0 Å². The topological polar surface area (TPSA) is 35.5 Å². The quantitative estimate of drug-likeness (QED) is 0.554. The first kappa shape index (κ1) is 16.6. The summed E-state index contributed by atoms with van der Waals surface area (Å²) in [6, 6.07) is 9.72. The summed E-state index contributed by atoms with van der Waals surface area (Å²) < 4.78 is 11.3. The molecule has 0 bridgehead atoms. The Kier molecular flexibility index (Phi) is 5.52. The Morgan fingerprint density at radius 1 is 0.958 bits per heavy atom. The zero-order chi connectivity index (χ0) is 16.8. The van der Waals surface area contributed by atoms with Gasteiger partial charge in [0.2, 0.25) is 0 Å². The minimum Gasteiger partial charge on any atom is -0.462 e. The van der Waals surface area contributed by atoms with Crippen LogP contribution in [0, 0.1) is 11.8 Å². The monoisotopic (exact) mass is 324 g/mol. The second-order valence-electron chi connectivity index (χ2n) is 6.44. The molecule has 0 saturated heterocycles. The average molecular weight is 324 g/mol. The van der Waals surface area contributed by atoms with Crippen molar-refractivity contribution < 1.29 is 14.3 Å². The highest BCUT2D eigenvalue weighted by Gasteiger charge is 2.29. The molecule has 0 atom stereocenters. The Hall–Kier alpha value is -2.29. The Bertz CT molecular complexity index is 634. The lowest BCUT2D eigenvalue weighted by atomic mass is 9.81. The fraction of sp³-hybridized carbons (Fsp3) is 0.381. The van der Waals surface area contributed by atoms with Gasteiger partial charge in [-0.2, -0.15) is 0 Å². The lowest BCUT2D eigenvalue weighted by Gasteiger charge is -2.28. The fourth-order valence-corrected chi connectivity index (χ4v) is 3.24. The minimum atomic E-state index is -0.0964. The second kappa shape index (κ2) is 8.00. The summed E-state index contributed by atoms with van der Waals surface area (Å²) >= 11 is 0. The number of carbonyl (C=O) groups is 1. The first-order valence-electron chi connectivity index (χ1n) is 8.72. The van der Waals surface area contributed by atoms with Crippen LogP contribution >= 0.6 is 0 Å². The van der Waals surface area contributed by atoms with Crippen molar-refractivity contribution in [3.8, 4) is 5.75 Å². The number of carbonyl (C=O) groups excluding carboxylic acids is 1. The normalized spacial score (nSPS) is 23.2. The van der Waals surface area contributed by atoms with Gasteiger partial charge in [-0.25, -0.2) is 0 Å². The molecule has 1 aromatic carbocycles. The van der Waals surface area contributed by atoms with Gasteiger partial charge >= 0.3 is 5.97 Å². The molecule has 0 aliphatic heterocycles.